The van der Waals surface area contributed by atoms with Crippen LogP contribution in [0.2, 0.25) is 0 Å². The summed E-state index contributed by atoms with van der Waals surface area (Å²) in [6.45, 7) is 2.06. The fraction of sp³-hybridized carbons (Fsp3) is 0.300. The number of pyridine rings is 1. The molecule has 0 radical (unpaired) electrons. The molecule has 7 heteroatoms. The summed E-state index contributed by atoms with van der Waals surface area (Å²) in [5, 5.41) is 2.83. The molecule has 0 bridgehead atoms. The van der Waals surface area contributed by atoms with Crippen LogP contribution in [-0.4, -0.2) is 20.5 Å². The van der Waals surface area contributed by atoms with Crippen LogP contribution in [0.3, 0.4) is 0 Å². The van der Waals surface area contributed by atoms with E-state index in [1.807, 2.05) is 43.3 Å². The molecule has 5 nitrogen and oxygen atoms in total. The monoisotopic (exact) mass is 501 g/mol. The van der Waals surface area contributed by atoms with Crippen LogP contribution in [0.5, 0.6) is 0 Å². The molecule has 0 saturated heterocycles. The van der Waals surface area contributed by atoms with Crippen molar-refractivity contribution in [2.45, 2.75) is 57.9 Å². The van der Waals surface area contributed by atoms with Gasteiger partial charge in [0, 0.05) is 41.4 Å². The summed E-state index contributed by atoms with van der Waals surface area (Å²) in [7, 11) is 0. The zero-order chi connectivity index (χ0) is 25.9. The third kappa shape index (κ3) is 5.61. The lowest BCUT2D eigenvalue weighted by Crippen LogP contribution is -2.20. The Bertz CT molecular complexity index is 1470. The van der Waals surface area contributed by atoms with Gasteiger partial charge < -0.3 is 0 Å². The van der Waals surface area contributed by atoms with Crippen LogP contribution in [0.4, 0.5) is 8.78 Å². The normalized spacial score (nSPS) is 13.8. The molecule has 1 aliphatic carbocycles. The Labute approximate surface area is 214 Å². The minimum absolute atomic E-state index is 0.0469. The van der Waals surface area contributed by atoms with Crippen molar-refractivity contribution in [2.75, 3.05) is 0 Å². The van der Waals surface area contributed by atoms with Gasteiger partial charge in [-0.1, -0.05) is 35.9 Å². The van der Waals surface area contributed by atoms with Gasteiger partial charge in [0.2, 0.25) is 0 Å². The molecule has 0 spiro atoms. The Hall–Kier alpha value is -3.87. The van der Waals surface area contributed by atoms with Crippen LogP contribution >= 0.6 is 0 Å². The van der Waals surface area contributed by atoms with Gasteiger partial charge in [-0.2, -0.15) is 0 Å². The van der Waals surface area contributed by atoms with Crippen LogP contribution < -0.4 is 5.56 Å². The lowest BCUT2D eigenvalue weighted by Gasteiger charge is -2.20. The molecule has 0 aliphatic heterocycles. The maximum atomic E-state index is 14.0. The predicted octanol–water partition coefficient (Wildman–Crippen LogP) is 5.69. The summed E-state index contributed by atoms with van der Waals surface area (Å²) in [5.41, 5.74) is 5.68. The highest BCUT2D eigenvalue weighted by Gasteiger charge is 2.24. The number of hydrogen-bond donors (Lipinski definition) is 1. The third-order valence-corrected chi connectivity index (χ3v) is 7.08. The number of hydrogen-bond acceptors (Lipinski definition) is 3. The summed E-state index contributed by atoms with van der Waals surface area (Å²) in [6.07, 6.45) is 5.50. The van der Waals surface area contributed by atoms with E-state index in [0.29, 0.717) is 11.3 Å². The maximum Gasteiger partial charge on any atom is 0.267 e. The summed E-state index contributed by atoms with van der Waals surface area (Å²) in [4.78, 5) is 30.4. The molecule has 0 amide bonds. The van der Waals surface area contributed by atoms with E-state index in [4.69, 9.17) is 0 Å². The molecule has 2 aromatic carbocycles. The first-order valence-corrected chi connectivity index (χ1v) is 12.7. The summed E-state index contributed by atoms with van der Waals surface area (Å²) >= 11 is 0. The highest BCUT2D eigenvalue weighted by Crippen LogP contribution is 2.33. The van der Waals surface area contributed by atoms with Crippen molar-refractivity contribution in [3.63, 3.8) is 0 Å². The van der Waals surface area contributed by atoms with Gasteiger partial charge in [-0.25, -0.2) is 8.78 Å². The van der Waals surface area contributed by atoms with Crippen LogP contribution in [0.15, 0.2) is 65.6 Å². The molecule has 0 fully saturated rings. The number of rotatable bonds is 8. The number of Topliss-reactive ketones (excluding diaryl/α,β-unsaturated/α-hetero) is 1. The largest absolute Gasteiger partial charge is 0.298 e. The quantitative estimate of drug-likeness (QED) is 0.337. The smallest absolute Gasteiger partial charge is 0.267 e. The number of nitrogens with one attached hydrogen (secondary N) is 1. The molecule has 2 aromatic heterocycles. The lowest BCUT2D eigenvalue weighted by atomic mass is 9.86. The van der Waals surface area contributed by atoms with E-state index in [2.05, 4.69) is 10.1 Å². The van der Waals surface area contributed by atoms with E-state index in [0.717, 1.165) is 59.7 Å². The number of halogens is 2. The fourth-order valence-electron chi connectivity index (χ4n) is 5.34. The van der Waals surface area contributed by atoms with Gasteiger partial charge in [-0.15, -0.1) is 0 Å². The number of carbonyl (C=O) groups is 1. The van der Waals surface area contributed by atoms with Crippen molar-refractivity contribution in [3.8, 4) is 11.1 Å². The van der Waals surface area contributed by atoms with Crippen molar-refractivity contribution < 1.29 is 13.6 Å². The molecule has 1 atom stereocenters. The number of aryl methyl sites for hydroxylation is 1. The van der Waals surface area contributed by atoms with Gasteiger partial charge in [-0.05, 0) is 68.4 Å². The Morgan fingerprint density at radius 3 is 2.54 bits per heavy atom. The zero-order valence-electron chi connectivity index (χ0n) is 20.8. The first-order valence-electron chi connectivity index (χ1n) is 12.7. The van der Waals surface area contributed by atoms with Crippen molar-refractivity contribution in [1.82, 2.24) is 14.8 Å². The van der Waals surface area contributed by atoms with Gasteiger partial charge in [0.25, 0.3) is 5.56 Å². The number of benzene rings is 2. The van der Waals surface area contributed by atoms with Crippen LogP contribution in [0.25, 0.3) is 11.1 Å². The molecule has 2 heterocycles. The van der Waals surface area contributed by atoms with Gasteiger partial charge in [0.15, 0.2) is 5.78 Å². The summed E-state index contributed by atoms with van der Waals surface area (Å²) < 4.78 is 29.7. The number of carbonyl (C=O) groups excluding carboxylic acids is 1. The third-order valence-electron chi connectivity index (χ3n) is 7.08. The molecular weight excluding hydrogens is 472 g/mol. The number of H-pyrrole nitrogens is 1. The van der Waals surface area contributed by atoms with Crippen LogP contribution in [-0.2, 0) is 30.6 Å². The molecule has 5 rings (SSSR count). The van der Waals surface area contributed by atoms with Crippen LogP contribution in [0.1, 0.15) is 53.3 Å². The molecule has 190 valence electrons. The Morgan fingerprint density at radius 2 is 1.78 bits per heavy atom. The number of nitrogens with zero attached hydrogens (tertiary/aromatic N) is 2. The van der Waals surface area contributed by atoms with Gasteiger partial charge in [0.1, 0.15) is 11.6 Å². The first kappa shape index (κ1) is 24.8. The lowest BCUT2D eigenvalue weighted by molar-refractivity contribution is -0.120. The fourth-order valence-corrected chi connectivity index (χ4v) is 5.34. The van der Waals surface area contributed by atoms with E-state index >= 15 is 0 Å². The molecule has 4 aromatic rings. The Kier molecular flexibility index (Phi) is 7.12. The van der Waals surface area contributed by atoms with E-state index in [1.54, 1.807) is 10.9 Å². The minimum Gasteiger partial charge on any atom is -0.298 e. The topological polar surface area (TPSA) is 67.8 Å². The van der Waals surface area contributed by atoms with Gasteiger partial charge in [0.05, 0.1) is 12.2 Å². The summed E-state index contributed by atoms with van der Waals surface area (Å²) in [5.74, 6) is -1.81. The van der Waals surface area contributed by atoms with Crippen molar-refractivity contribution in [3.05, 3.63) is 111 Å². The second-order valence-corrected chi connectivity index (χ2v) is 9.88. The van der Waals surface area contributed by atoms with E-state index in [9.17, 15) is 18.4 Å². The number of aromatic nitrogens is 3. The molecular formula is C30H29F2N3O2. The van der Waals surface area contributed by atoms with Crippen molar-refractivity contribution in [1.29, 1.82) is 0 Å². The zero-order valence-corrected chi connectivity index (χ0v) is 20.8. The number of fused-ring (bicyclic) bond motifs is 1. The van der Waals surface area contributed by atoms with Crippen LogP contribution in [0, 0.1) is 18.6 Å². The van der Waals surface area contributed by atoms with E-state index in [-0.39, 0.29) is 30.7 Å². The predicted molar refractivity (Wildman–Crippen MR) is 139 cm³/mol. The highest BCUT2D eigenvalue weighted by molar-refractivity contribution is 5.80. The van der Waals surface area contributed by atoms with Crippen molar-refractivity contribution >= 4 is 5.78 Å². The van der Waals surface area contributed by atoms with Gasteiger partial charge in [-0.3, -0.25) is 24.4 Å². The average Bonchev–Trinajstić information content (AvgIpc) is 3.18. The Balaban J connectivity index is 1.48. The highest BCUT2D eigenvalue weighted by atomic mass is 19.1. The average molecular weight is 502 g/mol. The maximum absolute atomic E-state index is 14.0. The molecule has 1 aliphatic rings. The number of ketones is 1. The summed E-state index contributed by atoms with van der Waals surface area (Å²) in [6, 6.07) is 15.3. The molecule has 1 N–H and O–H groups in total. The molecule has 0 saturated carbocycles. The molecule has 37 heavy (non-hydrogen) atoms. The Morgan fingerprint density at radius 1 is 1.05 bits per heavy atom. The number of aromatic amines is 1. The van der Waals surface area contributed by atoms with E-state index in [1.165, 1.54) is 12.1 Å². The first-order chi connectivity index (χ1) is 17.9. The van der Waals surface area contributed by atoms with Crippen molar-refractivity contribution in [2.24, 2.45) is 0 Å². The SMILES string of the molecule is Cc1ccc(-c2cccnc2[C@@H](CC(=O)Cn2[nH]c(=O)c3c2CCCC3)Cc2cc(F)cc(F)c2)cc1. The standard InChI is InChI=1S/C30H29F2N3O2/c1-19-8-10-21(11-9-19)26-6-4-12-33-29(26)22(13-20-14-23(31)17-24(32)15-20)16-25(36)18-35-28-7-3-2-5-27(28)30(37)34-35/h4,6,8-12,14-15,17,22H,2-3,5,7,13,16,18H2,1H3,(H,34,37)/t22-/m1/s1. The molecule has 0 unspecified atom stereocenters. The second-order valence-electron chi connectivity index (χ2n) is 9.88. The second kappa shape index (κ2) is 10.6. The van der Waals surface area contributed by atoms with Gasteiger partial charge >= 0.3 is 0 Å². The van der Waals surface area contributed by atoms with E-state index < -0.39 is 17.6 Å². The minimum atomic E-state index is -0.656.